The molecule has 0 radical (unpaired) electrons. The van der Waals surface area contributed by atoms with Crippen molar-refractivity contribution in [3.8, 4) is 0 Å². The standard InChI is InChI=1S/C16H24N2O2/c1-12-5-4-6-14(11-12)18(2)10-9-15(16(19)20-3)17-13-7-8-13/h4-6,11,13,15,17H,7-10H2,1-3H3. The van der Waals surface area contributed by atoms with Crippen LogP contribution in [0.4, 0.5) is 5.69 Å². The lowest BCUT2D eigenvalue weighted by molar-refractivity contribution is -0.143. The molecule has 1 aromatic rings. The second-order valence-corrected chi connectivity index (χ2v) is 5.57. The van der Waals surface area contributed by atoms with Crippen LogP contribution in [0.15, 0.2) is 24.3 Å². The third kappa shape index (κ3) is 4.23. The number of anilines is 1. The fourth-order valence-electron chi connectivity index (χ4n) is 2.26. The Bertz CT molecular complexity index is 458. The summed E-state index contributed by atoms with van der Waals surface area (Å²) in [4.78, 5) is 14.0. The van der Waals surface area contributed by atoms with E-state index in [1.165, 1.54) is 31.2 Å². The van der Waals surface area contributed by atoms with E-state index in [-0.39, 0.29) is 12.0 Å². The van der Waals surface area contributed by atoms with Crippen molar-refractivity contribution in [1.82, 2.24) is 5.32 Å². The van der Waals surface area contributed by atoms with Gasteiger partial charge in [0.1, 0.15) is 6.04 Å². The number of hydrogen-bond donors (Lipinski definition) is 1. The molecule has 2 rings (SSSR count). The highest BCUT2D eigenvalue weighted by atomic mass is 16.5. The number of hydrogen-bond acceptors (Lipinski definition) is 4. The van der Waals surface area contributed by atoms with Gasteiger partial charge >= 0.3 is 5.97 Å². The van der Waals surface area contributed by atoms with Crippen LogP contribution in [0.2, 0.25) is 0 Å². The number of nitrogens with zero attached hydrogens (tertiary/aromatic N) is 1. The van der Waals surface area contributed by atoms with Gasteiger partial charge in [-0.05, 0) is 43.9 Å². The number of benzene rings is 1. The van der Waals surface area contributed by atoms with Crippen LogP contribution >= 0.6 is 0 Å². The second kappa shape index (κ2) is 6.75. The molecule has 0 amide bonds. The summed E-state index contributed by atoms with van der Waals surface area (Å²) in [6.07, 6.45) is 3.09. The zero-order chi connectivity index (χ0) is 14.5. The summed E-state index contributed by atoms with van der Waals surface area (Å²) in [5.41, 5.74) is 2.43. The molecule has 0 aromatic heterocycles. The van der Waals surface area contributed by atoms with E-state index in [1.807, 2.05) is 0 Å². The molecule has 1 atom stereocenters. The minimum atomic E-state index is -0.195. The lowest BCUT2D eigenvalue weighted by Gasteiger charge is -2.23. The first-order valence-electron chi connectivity index (χ1n) is 7.22. The summed E-state index contributed by atoms with van der Waals surface area (Å²) in [6, 6.07) is 8.70. The van der Waals surface area contributed by atoms with E-state index in [2.05, 4.69) is 48.5 Å². The molecule has 1 aromatic carbocycles. The summed E-state index contributed by atoms with van der Waals surface area (Å²) in [5, 5.41) is 3.36. The smallest absolute Gasteiger partial charge is 0.322 e. The third-order valence-corrected chi connectivity index (χ3v) is 3.70. The molecule has 20 heavy (non-hydrogen) atoms. The molecule has 110 valence electrons. The van der Waals surface area contributed by atoms with E-state index in [1.54, 1.807) is 0 Å². The molecular formula is C16H24N2O2. The van der Waals surface area contributed by atoms with Crippen LogP contribution in [-0.2, 0) is 9.53 Å². The van der Waals surface area contributed by atoms with E-state index in [0.717, 1.165) is 13.0 Å². The summed E-state index contributed by atoms with van der Waals surface area (Å²) in [7, 11) is 3.51. The van der Waals surface area contributed by atoms with E-state index in [0.29, 0.717) is 6.04 Å². The lowest BCUT2D eigenvalue weighted by atomic mass is 10.1. The summed E-state index contributed by atoms with van der Waals surface area (Å²) in [5.74, 6) is -0.158. The first-order chi connectivity index (χ1) is 9.60. The van der Waals surface area contributed by atoms with Crippen molar-refractivity contribution >= 4 is 11.7 Å². The Morgan fingerprint density at radius 1 is 1.50 bits per heavy atom. The van der Waals surface area contributed by atoms with Crippen LogP contribution in [-0.4, -0.2) is 38.8 Å². The largest absolute Gasteiger partial charge is 0.468 e. The Morgan fingerprint density at radius 3 is 2.85 bits per heavy atom. The number of methoxy groups -OCH3 is 1. The number of esters is 1. The number of carbonyl (C=O) groups excluding carboxylic acids is 1. The molecule has 1 fully saturated rings. The Morgan fingerprint density at radius 2 is 2.25 bits per heavy atom. The fraction of sp³-hybridized carbons (Fsp3) is 0.562. The topological polar surface area (TPSA) is 41.6 Å². The van der Waals surface area contributed by atoms with Crippen LogP contribution < -0.4 is 10.2 Å². The molecule has 0 heterocycles. The van der Waals surface area contributed by atoms with Gasteiger partial charge in [0.15, 0.2) is 0 Å². The molecule has 1 aliphatic rings. The maximum absolute atomic E-state index is 11.8. The Kier molecular flexibility index (Phi) is 5.01. The number of rotatable bonds is 7. The summed E-state index contributed by atoms with van der Waals surface area (Å²) in [6.45, 7) is 2.91. The van der Waals surface area contributed by atoms with Crippen LogP contribution in [0.3, 0.4) is 0 Å². The minimum absolute atomic E-state index is 0.158. The molecule has 0 bridgehead atoms. The van der Waals surface area contributed by atoms with Gasteiger partial charge in [-0.2, -0.15) is 0 Å². The van der Waals surface area contributed by atoms with Gasteiger partial charge in [0.2, 0.25) is 0 Å². The van der Waals surface area contributed by atoms with Crippen molar-refractivity contribution in [2.24, 2.45) is 0 Å². The van der Waals surface area contributed by atoms with Gasteiger partial charge in [0.25, 0.3) is 0 Å². The Labute approximate surface area is 121 Å². The van der Waals surface area contributed by atoms with Crippen molar-refractivity contribution in [3.63, 3.8) is 0 Å². The molecule has 1 aliphatic carbocycles. The Hall–Kier alpha value is -1.55. The SMILES string of the molecule is COC(=O)C(CCN(C)c1cccc(C)c1)NC1CC1. The maximum atomic E-state index is 11.8. The van der Waals surface area contributed by atoms with Crippen LogP contribution in [0.5, 0.6) is 0 Å². The molecule has 0 aliphatic heterocycles. The average Bonchev–Trinajstić information content (AvgIpc) is 3.26. The zero-order valence-corrected chi connectivity index (χ0v) is 12.6. The molecule has 4 heteroatoms. The minimum Gasteiger partial charge on any atom is -0.468 e. The van der Waals surface area contributed by atoms with Crippen molar-refractivity contribution in [2.45, 2.75) is 38.3 Å². The second-order valence-electron chi connectivity index (χ2n) is 5.57. The monoisotopic (exact) mass is 276 g/mol. The lowest BCUT2D eigenvalue weighted by Crippen LogP contribution is -2.41. The molecule has 1 saturated carbocycles. The first-order valence-corrected chi connectivity index (χ1v) is 7.22. The van der Waals surface area contributed by atoms with E-state index in [9.17, 15) is 4.79 Å². The Balaban J connectivity index is 1.89. The highest BCUT2D eigenvalue weighted by Crippen LogP contribution is 2.21. The van der Waals surface area contributed by atoms with E-state index >= 15 is 0 Å². The fourth-order valence-corrected chi connectivity index (χ4v) is 2.26. The number of aryl methyl sites for hydroxylation is 1. The predicted molar refractivity (Wildman–Crippen MR) is 81.0 cm³/mol. The van der Waals surface area contributed by atoms with Gasteiger partial charge in [-0.15, -0.1) is 0 Å². The van der Waals surface area contributed by atoms with Gasteiger partial charge in [0.05, 0.1) is 7.11 Å². The van der Waals surface area contributed by atoms with Gasteiger partial charge in [-0.25, -0.2) is 0 Å². The summed E-state index contributed by atoms with van der Waals surface area (Å²) < 4.78 is 4.88. The number of carbonyl (C=O) groups is 1. The highest BCUT2D eigenvalue weighted by Gasteiger charge is 2.28. The predicted octanol–water partition coefficient (Wildman–Crippen LogP) is 2.11. The first kappa shape index (κ1) is 14.9. The average molecular weight is 276 g/mol. The van der Waals surface area contributed by atoms with Crippen molar-refractivity contribution in [1.29, 1.82) is 0 Å². The number of nitrogens with one attached hydrogen (secondary N) is 1. The molecule has 4 nitrogen and oxygen atoms in total. The molecule has 0 spiro atoms. The van der Waals surface area contributed by atoms with Crippen LogP contribution in [0.1, 0.15) is 24.8 Å². The van der Waals surface area contributed by atoms with Crippen LogP contribution in [0, 0.1) is 6.92 Å². The maximum Gasteiger partial charge on any atom is 0.322 e. The van der Waals surface area contributed by atoms with E-state index in [4.69, 9.17) is 4.74 Å². The zero-order valence-electron chi connectivity index (χ0n) is 12.6. The highest BCUT2D eigenvalue weighted by molar-refractivity contribution is 5.75. The third-order valence-electron chi connectivity index (χ3n) is 3.70. The van der Waals surface area contributed by atoms with Crippen LogP contribution in [0.25, 0.3) is 0 Å². The van der Waals surface area contributed by atoms with Crippen molar-refractivity contribution in [2.75, 3.05) is 25.6 Å². The van der Waals surface area contributed by atoms with Gasteiger partial charge in [-0.3, -0.25) is 4.79 Å². The summed E-state index contributed by atoms with van der Waals surface area (Å²) >= 11 is 0. The van der Waals surface area contributed by atoms with Crippen molar-refractivity contribution < 1.29 is 9.53 Å². The molecule has 1 N–H and O–H groups in total. The van der Waals surface area contributed by atoms with Crippen molar-refractivity contribution in [3.05, 3.63) is 29.8 Å². The van der Waals surface area contributed by atoms with E-state index < -0.39 is 0 Å². The van der Waals surface area contributed by atoms with Gasteiger partial charge in [0, 0.05) is 25.3 Å². The normalized spacial score (nSPS) is 15.8. The number of ether oxygens (including phenoxy) is 1. The van der Waals surface area contributed by atoms with Gasteiger partial charge in [-0.1, -0.05) is 12.1 Å². The molecular weight excluding hydrogens is 252 g/mol. The molecule has 1 unspecified atom stereocenters. The quantitative estimate of drug-likeness (QED) is 0.775. The molecule has 0 saturated heterocycles. The van der Waals surface area contributed by atoms with Gasteiger partial charge < -0.3 is 15.0 Å².